The molecule has 0 saturated carbocycles. The second-order valence-electron chi connectivity index (χ2n) is 4.93. The standard InChI is InChI=1S/C14H19NO5S/c1-21-12-3-2-11(20-12)13(16)15-8-10(14(17)18)9-4-6-19-7-5-9/h2-3,9-10H,4-8H2,1H3,(H,15,16)(H,17,18). The maximum atomic E-state index is 12.0. The van der Waals surface area contributed by atoms with Crippen LogP contribution in [0.2, 0.25) is 0 Å². The van der Waals surface area contributed by atoms with Crippen molar-refractivity contribution in [3.63, 3.8) is 0 Å². The Hall–Kier alpha value is -1.47. The van der Waals surface area contributed by atoms with Gasteiger partial charge in [-0.05, 0) is 37.1 Å². The zero-order valence-corrected chi connectivity index (χ0v) is 12.6. The van der Waals surface area contributed by atoms with Gasteiger partial charge in [0.15, 0.2) is 10.9 Å². The van der Waals surface area contributed by atoms with Crippen molar-refractivity contribution in [3.8, 4) is 0 Å². The normalized spacial score (nSPS) is 17.4. The number of rotatable bonds is 6. The highest BCUT2D eigenvalue weighted by atomic mass is 32.2. The van der Waals surface area contributed by atoms with Crippen LogP contribution in [0.4, 0.5) is 0 Å². The molecule has 0 aromatic carbocycles. The van der Waals surface area contributed by atoms with E-state index in [1.165, 1.54) is 11.8 Å². The first-order valence-corrected chi connectivity index (χ1v) is 8.07. The number of thioether (sulfide) groups is 1. The molecule has 0 bridgehead atoms. The van der Waals surface area contributed by atoms with Gasteiger partial charge in [-0.2, -0.15) is 0 Å². The zero-order chi connectivity index (χ0) is 15.2. The third-order valence-corrected chi connectivity index (χ3v) is 4.26. The zero-order valence-electron chi connectivity index (χ0n) is 11.8. The fourth-order valence-electron chi connectivity index (χ4n) is 2.42. The second kappa shape index (κ2) is 7.51. The minimum absolute atomic E-state index is 0.0370. The maximum Gasteiger partial charge on any atom is 0.308 e. The number of amides is 1. The van der Waals surface area contributed by atoms with Crippen LogP contribution in [-0.4, -0.2) is 43.0 Å². The lowest BCUT2D eigenvalue weighted by Gasteiger charge is -2.27. The third-order valence-electron chi connectivity index (χ3n) is 3.64. The van der Waals surface area contributed by atoms with E-state index in [0.717, 1.165) is 0 Å². The van der Waals surface area contributed by atoms with E-state index in [9.17, 15) is 14.7 Å². The average Bonchev–Trinajstić information content (AvgIpc) is 2.97. The number of furan rings is 1. The Bertz CT molecular complexity index is 495. The van der Waals surface area contributed by atoms with Crippen molar-refractivity contribution in [2.75, 3.05) is 26.0 Å². The molecule has 116 valence electrons. The Labute approximate surface area is 127 Å². The fourth-order valence-corrected chi connectivity index (χ4v) is 2.79. The van der Waals surface area contributed by atoms with Gasteiger partial charge in [0.1, 0.15) is 0 Å². The summed E-state index contributed by atoms with van der Waals surface area (Å²) in [7, 11) is 0. The highest BCUT2D eigenvalue weighted by Gasteiger charge is 2.30. The quantitative estimate of drug-likeness (QED) is 0.779. The third kappa shape index (κ3) is 4.25. The molecule has 1 amide bonds. The van der Waals surface area contributed by atoms with Gasteiger partial charge >= 0.3 is 5.97 Å². The summed E-state index contributed by atoms with van der Waals surface area (Å²) in [6.07, 6.45) is 3.28. The number of carbonyl (C=O) groups is 2. The van der Waals surface area contributed by atoms with E-state index in [1.807, 2.05) is 6.26 Å². The average molecular weight is 313 g/mol. The number of hydrogen-bond donors (Lipinski definition) is 2. The first-order valence-electron chi connectivity index (χ1n) is 6.84. The fraction of sp³-hybridized carbons (Fsp3) is 0.571. The molecule has 1 aromatic heterocycles. The molecule has 1 aliphatic heterocycles. The Morgan fingerprint density at radius 2 is 2.14 bits per heavy atom. The van der Waals surface area contributed by atoms with Crippen LogP contribution in [-0.2, 0) is 9.53 Å². The van der Waals surface area contributed by atoms with Crippen LogP contribution in [0.5, 0.6) is 0 Å². The summed E-state index contributed by atoms with van der Waals surface area (Å²) < 4.78 is 10.6. The Morgan fingerprint density at radius 3 is 2.71 bits per heavy atom. The molecule has 0 radical (unpaired) electrons. The van der Waals surface area contributed by atoms with Crippen LogP contribution in [0, 0.1) is 11.8 Å². The summed E-state index contributed by atoms with van der Waals surface area (Å²) >= 11 is 1.40. The van der Waals surface area contributed by atoms with Crippen LogP contribution in [0.1, 0.15) is 23.4 Å². The summed E-state index contributed by atoms with van der Waals surface area (Å²) in [6.45, 7) is 1.27. The van der Waals surface area contributed by atoms with Gasteiger partial charge in [-0.15, -0.1) is 0 Å². The molecule has 1 saturated heterocycles. The molecule has 7 heteroatoms. The van der Waals surface area contributed by atoms with Gasteiger partial charge in [0.05, 0.1) is 5.92 Å². The van der Waals surface area contributed by atoms with E-state index in [2.05, 4.69) is 5.32 Å². The van der Waals surface area contributed by atoms with Crippen LogP contribution in [0.15, 0.2) is 21.6 Å². The molecule has 0 aliphatic carbocycles. The summed E-state index contributed by atoms with van der Waals surface area (Å²) in [5.74, 6) is -1.61. The van der Waals surface area contributed by atoms with E-state index < -0.39 is 11.9 Å². The van der Waals surface area contributed by atoms with Crippen molar-refractivity contribution in [2.45, 2.75) is 17.9 Å². The SMILES string of the molecule is CSc1ccc(C(=O)NCC(C(=O)O)C2CCOCC2)o1. The lowest BCUT2D eigenvalue weighted by atomic mass is 9.86. The van der Waals surface area contributed by atoms with Gasteiger partial charge in [0.25, 0.3) is 5.91 Å². The van der Waals surface area contributed by atoms with Gasteiger partial charge in [0.2, 0.25) is 0 Å². The van der Waals surface area contributed by atoms with Crippen LogP contribution < -0.4 is 5.32 Å². The van der Waals surface area contributed by atoms with Crippen molar-refractivity contribution in [1.82, 2.24) is 5.32 Å². The van der Waals surface area contributed by atoms with Crippen molar-refractivity contribution in [1.29, 1.82) is 0 Å². The van der Waals surface area contributed by atoms with E-state index in [4.69, 9.17) is 9.15 Å². The van der Waals surface area contributed by atoms with Gasteiger partial charge in [0, 0.05) is 19.8 Å². The summed E-state index contributed by atoms with van der Waals surface area (Å²) in [5, 5.41) is 12.6. The molecule has 6 nitrogen and oxygen atoms in total. The Balaban J connectivity index is 1.91. The molecule has 21 heavy (non-hydrogen) atoms. The number of carboxylic acids is 1. The molecule has 2 N–H and O–H groups in total. The number of carbonyl (C=O) groups excluding carboxylic acids is 1. The molecule has 1 aromatic rings. The molecule has 1 aliphatic rings. The predicted molar refractivity (Wildman–Crippen MR) is 77.5 cm³/mol. The minimum atomic E-state index is -0.883. The van der Waals surface area contributed by atoms with Crippen molar-refractivity contribution in [2.24, 2.45) is 11.8 Å². The monoisotopic (exact) mass is 313 g/mol. The van der Waals surface area contributed by atoms with Gasteiger partial charge in [-0.1, -0.05) is 11.8 Å². The predicted octanol–water partition coefficient (Wildman–Crippen LogP) is 1.86. The van der Waals surface area contributed by atoms with Gasteiger partial charge in [-0.3, -0.25) is 9.59 Å². The first kappa shape index (κ1) is 15.9. The topological polar surface area (TPSA) is 88.8 Å². The number of carboxylic acid groups (broad SMARTS) is 1. The lowest BCUT2D eigenvalue weighted by Crippen LogP contribution is -2.38. The molecule has 1 atom stereocenters. The minimum Gasteiger partial charge on any atom is -0.481 e. The van der Waals surface area contributed by atoms with Gasteiger partial charge in [-0.25, -0.2) is 0 Å². The second-order valence-corrected chi connectivity index (χ2v) is 5.74. The number of nitrogens with one attached hydrogen (secondary N) is 1. The summed E-state index contributed by atoms with van der Waals surface area (Å²) in [6, 6.07) is 3.30. The largest absolute Gasteiger partial charge is 0.481 e. The molecular weight excluding hydrogens is 294 g/mol. The molecule has 1 fully saturated rings. The summed E-state index contributed by atoms with van der Waals surface area (Å²) in [5.41, 5.74) is 0. The van der Waals surface area contributed by atoms with E-state index >= 15 is 0 Å². The van der Waals surface area contributed by atoms with Crippen molar-refractivity contribution < 1.29 is 23.8 Å². The molecular formula is C14H19NO5S. The van der Waals surface area contributed by atoms with Crippen molar-refractivity contribution >= 4 is 23.6 Å². The number of aliphatic carboxylic acids is 1. The van der Waals surface area contributed by atoms with E-state index in [-0.39, 0.29) is 24.1 Å². The molecule has 1 unspecified atom stereocenters. The summed E-state index contributed by atoms with van der Waals surface area (Å²) in [4.78, 5) is 23.3. The number of ether oxygens (including phenoxy) is 1. The number of hydrogen-bond acceptors (Lipinski definition) is 5. The van der Waals surface area contributed by atoms with Crippen LogP contribution in [0.25, 0.3) is 0 Å². The first-order chi connectivity index (χ1) is 10.1. The molecule has 0 spiro atoms. The molecule has 2 rings (SSSR count). The maximum absolute atomic E-state index is 12.0. The van der Waals surface area contributed by atoms with E-state index in [0.29, 0.717) is 31.1 Å². The highest BCUT2D eigenvalue weighted by molar-refractivity contribution is 7.98. The Morgan fingerprint density at radius 1 is 1.43 bits per heavy atom. The highest BCUT2D eigenvalue weighted by Crippen LogP contribution is 2.24. The van der Waals surface area contributed by atoms with Crippen LogP contribution in [0.3, 0.4) is 0 Å². The van der Waals surface area contributed by atoms with Crippen molar-refractivity contribution in [3.05, 3.63) is 17.9 Å². The molecule has 2 heterocycles. The smallest absolute Gasteiger partial charge is 0.308 e. The van der Waals surface area contributed by atoms with Gasteiger partial charge < -0.3 is 19.6 Å². The lowest BCUT2D eigenvalue weighted by molar-refractivity contribution is -0.144. The Kier molecular flexibility index (Phi) is 5.69. The van der Waals surface area contributed by atoms with Crippen LogP contribution >= 0.6 is 11.8 Å². The van der Waals surface area contributed by atoms with E-state index in [1.54, 1.807) is 12.1 Å².